The van der Waals surface area contributed by atoms with Crippen LogP contribution in [0.2, 0.25) is 0 Å². The molecule has 2 heterocycles. The van der Waals surface area contributed by atoms with Crippen LogP contribution in [0.25, 0.3) is 0 Å². The van der Waals surface area contributed by atoms with E-state index in [1.807, 2.05) is 18.2 Å². The van der Waals surface area contributed by atoms with Crippen molar-refractivity contribution in [3.05, 3.63) is 29.8 Å². The average Bonchev–Trinajstić information content (AvgIpc) is 3.27. The summed E-state index contributed by atoms with van der Waals surface area (Å²) in [6.45, 7) is 4.08. The first-order valence-electron chi connectivity index (χ1n) is 10.8. The number of carboxylic acid groups (broad SMARTS) is 1. The van der Waals surface area contributed by atoms with E-state index in [1.54, 1.807) is 0 Å². The van der Waals surface area contributed by atoms with Gasteiger partial charge in [0.15, 0.2) is 0 Å². The van der Waals surface area contributed by atoms with Crippen molar-refractivity contribution in [2.75, 3.05) is 19.8 Å². The zero-order valence-electron chi connectivity index (χ0n) is 17.0. The lowest BCUT2D eigenvalue weighted by molar-refractivity contribution is -0.137. The third-order valence-electron chi connectivity index (χ3n) is 6.00. The van der Waals surface area contributed by atoms with Crippen molar-refractivity contribution in [2.45, 2.75) is 70.5 Å². The monoisotopic (exact) mass is 390 g/mol. The third-order valence-corrected chi connectivity index (χ3v) is 6.00. The smallest absolute Gasteiger partial charge is 0.306 e. The topological polar surface area (TPSA) is 65.0 Å². The number of aliphatic carboxylic acids is 1. The Morgan fingerprint density at radius 1 is 1.14 bits per heavy atom. The highest BCUT2D eigenvalue weighted by Gasteiger charge is 2.48. The van der Waals surface area contributed by atoms with Crippen molar-refractivity contribution in [2.24, 2.45) is 11.8 Å². The van der Waals surface area contributed by atoms with Gasteiger partial charge < -0.3 is 19.3 Å². The summed E-state index contributed by atoms with van der Waals surface area (Å²) in [5.41, 5.74) is 1.22. The Kier molecular flexibility index (Phi) is 8.16. The van der Waals surface area contributed by atoms with Gasteiger partial charge in [-0.2, -0.15) is 0 Å². The van der Waals surface area contributed by atoms with Gasteiger partial charge in [-0.05, 0) is 49.3 Å². The molecule has 0 aliphatic carbocycles. The number of hydrogen-bond donors (Lipinski definition) is 1. The van der Waals surface area contributed by atoms with E-state index >= 15 is 0 Å². The maximum Gasteiger partial charge on any atom is 0.306 e. The lowest BCUT2D eigenvalue weighted by atomic mass is 9.76. The number of carbonyl (C=O) groups is 1. The molecule has 1 aromatic carbocycles. The van der Waals surface area contributed by atoms with Crippen molar-refractivity contribution in [3.8, 4) is 5.75 Å². The Labute approximate surface area is 168 Å². The van der Waals surface area contributed by atoms with E-state index in [0.29, 0.717) is 24.0 Å². The molecule has 1 aromatic rings. The van der Waals surface area contributed by atoms with Gasteiger partial charge in [-0.25, -0.2) is 0 Å². The van der Waals surface area contributed by atoms with Crippen LogP contribution in [-0.4, -0.2) is 43.1 Å². The van der Waals surface area contributed by atoms with E-state index in [1.165, 1.54) is 24.8 Å². The number of carboxylic acids is 1. The molecule has 4 atom stereocenters. The minimum Gasteiger partial charge on any atom is -0.493 e. The van der Waals surface area contributed by atoms with Gasteiger partial charge in [0.05, 0.1) is 31.8 Å². The number of hydrogen-bond acceptors (Lipinski definition) is 4. The van der Waals surface area contributed by atoms with Gasteiger partial charge in [0.2, 0.25) is 0 Å². The van der Waals surface area contributed by atoms with Crippen LogP contribution in [0.1, 0.15) is 57.4 Å². The fourth-order valence-electron chi connectivity index (χ4n) is 4.53. The van der Waals surface area contributed by atoms with Gasteiger partial charge in [-0.15, -0.1) is 0 Å². The Bertz CT molecular complexity index is 617. The van der Waals surface area contributed by atoms with Crippen molar-refractivity contribution in [1.29, 1.82) is 0 Å². The second kappa shape index (κ2) is 10.8. The molecule has 2 aliphatic rings. The molecule has 2 bridgehead atoms. The van der Waals surface area contributed by atoms with Crippen LogP contribution in [0.15, 0.2) is 24.3 Å². The Balaban J connectivity index is 1.50. The summed E-state index contributed by atoms with van der Waals surface area (Å²) in [6, 6.07) is 8.04. The quantitative estimate of drug-likeness (QED) is 0.503. The highest BCUT2D eigenvalue weighted by molar-refractivity contribution is 5.66. The minimum absolute atomic E-state index is 0.0160. The zero-order chi connectivity index (χ0) is 19.8. The Morgan fingerprint density at radius 3 is 2.75 bits per heavy atom. The van der Waals surface area contributed by atoms with Crippen LogP contribution in [0.4, 0.5) is 0 Å². The molecule has 0 radical (unpaired) electrons. The molecule has 0 unspecified atom stereocenters. The van der Waals surface area contributed by atoms with E-state index in [-0.39, 0.29) is 13.0 Å². The van der Waals surface area contributed by atoms with Gasteiger partial charge in [0.25, 0.3) is 0 Å². The molecule has 2 fully saturated rings. The number of ether oxygens (including phenoxy) is 3. The molecule has 0 amide bonds. The fraction of sp³-hybridized carbons (Fsp3) is 0.696. The van der Waals surface area contributed by atoms with Crippen LogP contribution in [-0.2, 0) is 20.7 Å². The van der Waals surface area contributed by atoms with Gasteiger partial charge in [0.1, 0.15) is 5.75 Å². The largest absolute Gasteiger partial charge is 0.493 e. The van der Waals surface area contributed by atoms with Crippen molar-refractivity contribution < 1.29 is 24.1 Å². The minimum atomic E-state index is -0.840. The normalized spacial score (nSPS) is 25.9. The molecule has 0 aromatic heterocycles. The first-order valence-corrected chi connectivity index (χ1v) is 10.8. The summed E-state index contributed by atoms with van der Waals surface area (Å²) < 4.78 is 17.8. The SMILES string of the molecule is CCCCCCOC[C@H]1[C@@H](Cc2cccc(OCCC(=O)O)c2)[C@H]2CC[C@@H]1O2. The fourth-order valence-corrected chi connectivity index (χ4v) is 4.53. The number of unbranched alkanes of at least 4 members (excludes halogenated alkanes) is 3. The molecule has 0 spiro atoms. The lowest BCUT2D eigenvalue weighted by Crippen LogP contribution is -2.32. The summed E-state index contributed by atoms with van der Waals surface area (Å²) in [5.74, 6) is 0.865. The van der Waals surface area contributed by atoms with Gasteiger partial charge in [-0.1, -0.05) is 38.3 Å². The Hall–Kier alpha value is -1.59. The molecule has 2 aliphatic heterocycles. The second-order valence-electron chi connectivity index (χ2n) is 8.10. The maximum atomic E-state index is 10.7. The van der Waals surface area contributed by atoms with E-state index in [2.05, 4.69) is 13.0 Å². The zero-order valence-corrected chi connectivity index (χ0v) is 17.0. The Morgan fingerprint density at radius 2 is 1.96 bits per heavy atom. The molecule has 2 saturated heterocycles. The maximum absolute atomic E-state index is 10.7. The predicted molar refractivity (Wildman–Crippen MR) is 108 cm³/mol. The predicted octanol–water partition coefficient (Wildman–Crippen LogP) is 4.47. The van der Waals surface area contributed by atoms with Crippen molar-refractivity contribution in [3.63, 3.8) is 0 Å². The number of fused-ring (bicyclic) bond motifs is 2. The molecule has 5 heteroatoms. The molecule has 1 N–H and O–H groups in total. The van der Waals surface area contributed by atoms with E-state index < -0.39 is 5.97 Å². The molecule has 3 rings (SSSR count). The first kappa shape index (κ1) is 21.1. The van der Waals surface area contributed by atoms with Crippen LogP contribution in [0.3, 0.4) is 0 Å². The van der Waals surface area contributed by atoms with Gasteiger partial charge in [0, 0.05) is 12.5 Å². The third kappa shape index (κ3) is 5.95. The highest BCUT2D eigenvalue weighted by atomic mass is 16.5. The van der Waals surface area contributed by atoms with Crippen LogP contribution in [0, 0.1) is 11.8 Å². The van der Waals surface area contributed by atoms with Crippen molar-refractivity contribution in [1.82, 2.24) is 0 Å². The van der Waals surface area contributed by atoms with Crippen LogP contribution in [0.5, 0.6) is 5.75 Å². The summed E-state index contributed by atoms with van der Waals surface area (Å²) in [5, 5.41) is 8.75. The van der Waals surface area contributed by atoms with Crippen molar-refractivity contribution >= 4 is 5.97 Å². The van der Waals surface area contributed by atoms with E-state index in [0.717, 1.165) is 44.6 Å². The average molecular weight is 391 g/mol. The summed E-state index contributed by atoms with van der Waals surface area (Å²) in [7, 11) is 0. The van der Waals surface area contributed by atoms with Gasteiger partial charge >= 0.3 is 5.97 Å². The molecule has 5 nitrogen and oxygen atoms in total. The lowest BCUT2D eigenvalue weighted by Gasteiger charge is -2.28. The summed E-state index contributed by atoms with van der Waals surface area (Å²) in [6.07, 6.45) is 8.91. The number of benzene rings is 1. The van der Waals surface area contributed by atoms with Crippen LogP contribution >= 0.6 is 0 Å². The summed E-state index contributed by atoms with van der Waals surface area (Å²) >= 11 is 0. The molecule has 156 valence electrons. The summed E-state index contributed by atoms with van der Waals surface area (Å²) in [4.78, 5) is 10.7. The highest BCUT2D eigenvalue weighted by Crippen LogP contribution is 2.45. The standard InChI is InChI=1S/C23H34O5/c1-2-3-4-5-12-26-16-20-19(21-9-10-22(20)28-21)15-17-7-6-8-18(14-17)27-13-11-23(24)25/h6-8,14,19-22H,2-5,9-13,15-16H2,1H3,(H,24,25)/t19-,20+,21-,22+/m1/s1. The van der Waals surface area contributed by atoms with E-state index in [4.69, 9.17) is 19.3 Å². The molecule has 28 heavy (non-hydrogen) atoms. The molecule has 0 saturated carbocycles. The number of rotatable bonds is 13. The van der Waals surface area contributed by atoms with E-state index in [9.17, 15) is 4.79 Å². The molecular formula is C23H34O5. The first-order chi connectivity index (χ1) is 13.7. The molecular weight excluding hydrogens is 356 g/mol. The van der Waals surface area contributed by atoms with Crippen LogP contribution < -0.4 is 4.74 Å². The van der Waals surface area contributed by atoms with Gasteiger partial charge in [-0.3, -0.25) is 4.79 Å². The second-order valence-corrected chi connectivity index (χ2v) is 8.10.